The summed E-state index contributed by atoms with van der Waals surface area (Å²) in [7, 11) is 0. The first-order chi connectivity index (χ1) is 11.2. The van der Waals surface area contributed by atoms with Crippen molar-refractivity contribution in [3.8, 4) is 5.75 Å². The SMILES string of the molecule is O=C(Oc1ccccc1)C1CCCN(C(=O)c2ccccc2)C1. The molecule has 1 aliphatic heterocycles. The Morgan fingerprint density at radius 2 is 1.61 bits per heavy atom. The molecule has 0 bridgehead atoms. The molecule has 23 heavy (non-hydrogen) atoms. The van der Waals surface area contributed by atoms with Gasteiger partial charge in [0.2, 0.25) is 0 Å². The molecule has 1 unspecified atom stereocenters. The number of para-hydroxylation sites is 1. The van der Waals surface area contributed by atoms with Gasteiger partial charge in [-0.2, -0.15) is 0 Å². The van der Waals surface area contributed by atoms with Gasteiger partial charge in [0.25, 0.3) is 5.91 Å². The molecule has 1 amide bonds. The summed E-state index contributed by atoms with van der Waals surface area (Å²) < 4.78 is 5.41. The van der Waals surface area contributed by atoms with E-state index in [0.29, 0.717) is 24.4 Å². The zero-order valence-corrected chi connectivity index (χ0v) is 12.9. The van der Waals surface area contributed by atoms with Crippen LogP contribution in [0.25, 0.3) is 0 Å². The van der Waals surface area contributed by atoms with Gasteiger partial charge in [0, 0.05) is 18.7 Å². The van der Waals surface area contributed by atoms with Gasteiger partial charge in [-0.05, 0) is 37.1 Å². The minimum Gasteiger partial charge on any atom is -0.426 e. The second kappa shape index (κ2) is 7.09. The predicted octanol–water partition coefficient (Wildman–Crippen LogP) is 3.14. The van der Waals surface area contributed by atoms with E-state index < -0.39 is 0 Å². The molecule has 1 saturated heterocycles. The smallest absolute Gasteiger partial charge is 0.316 e. The maximum absolute atomic E-state index is 12.5. The van der Waals surface area contributed by atoms with Crippen molar-refractivity contribution in [1.29, 1.82) is 0 Å². The average Bonchev–Trinajstić information content (AvgIpc) is 2.63. The Kier molecular flexibility index (Phi) is 4.71. The molecule has 1 atom stereocenters. The minimum atomic E-state index is -0.267. The number of carbonyl (C=O) groups excluding carboxylic acids is 2. The van der Waals surface area contributed by atoms with Crippen molar-refractivity contribution < 1.29 is 14.3 Å². The van der Waals surface area contributed by atoms with Crippen LogP contribution in [0.15, 0.2) is 60.7 Å². The van der Waals surface area contributed by atoms with Gasteiger partial charge in [0.15, 0.2) is 0 Å². The minimum absolute atomic E-state index is 0.0252. The molecule has 2 aromatic carbocycles. The second-order valence-corrected chi connectivity index (χ2v) is 5.69. The summed E-state index contributed by atoms with van der Waals surface area (Å²) in [5.74, 6) is -0.00907. The van der Waals surface area contributed by atoms with Crippen LogP contribution in [0.3, 0.4) is 0 Å². The van der Waals surface area contributed by atoms with Crippen molar-refractivity contribution in [3.63, 3.8) is 0 Å². The average molecular weight is 309 g/mol. The number of benzene rings is 2. The summed E-state index contributed by atoms with van der Waals surface area (Å²) in [6.07, 6.45) is 1.57. The van der Waals surface area contributed by atoms with Gasteiger partial charge < -0.3 is 9.64 Å². The molecule has 0 saturated carbocycles. The van der Waals surface area contributed by atoms with E-state index in [1.807, 2.05) is 36.4 Å². The molecule has 3 rings (SSSR count). The highest BCUT2D eigenvalue weighted by Crippen LogP contribution is 2.21. The Morgan fingerprint density at radius 3 is 2.30 bits per heavy atom. The van der Waals surface area contributed by atoms with Crippen LogP contribution in [-0.2, 0) is 4.79 Å². The van der Waals surface area contributed by atoms with E-state index in [9.17, 15) is 9.59 Å². The number of hydrogen-bond acceptors (Lipinski definition) is 3. The van der Waals surface area contributed by atoms with Crippen LogP contribution in [0.4, 0.5) is 0 Å². The largest absolute Gasteiger partial charge is 0.426 e. The first kappa shape index (κ1) is 15.3. The third-order valence-corrected chi connectivity index (χ3v) is 4.02. The fraction of sp³-hybridized carbons (Fsp3) is 0.263. The van der Waals surface area contributed by atoms with Gasteiger partial charge in [-0.25, -0.2) is 0 Å². The van der Waals surface area contributed by atoms with Crippen molar-refractivity contribution in [1.82, 2.24) is 4.90 Å². The Morgan fingerprint density at radius 1 is 0.957 bits per heavy atom. The van der Waals surface area contributed by atoms with E-state index in [1.165, 1.54) is 0 Å². The van der Waals surface area contributed by atoms with Crippen LogP contribution < -0.4 is 4.74 Å². The fourth-order valence-electron chi connectivity index (χ4n) is 2.81. The van der Waals surface area contributed by atoms with E-state index in [4.69, 9.17) is 4.74 Å². The van der Waals surface area contributed by atoms with Crippen LogP contribution in [-0.4, -0.2) is 29.9 Å². The molecule has 0 N–H and O–H groups in total. The third-order valence-electron chi connectivity index (χ3n) is 4.02. The molecule has 4 heteroatoms. The lowest BCUT2D eigenvalue weighted by Gasteiger charge is -2.31. The van der Waals surface area contributed by atoms with E-state index in [2.05, 4.69) is 0 Å². The molecule has 1 heterocycles. The maximum Gasteiger partial charge on any atom is 0.316 e. The highest BCUT2D eigenvalue weighted by Gasteiger charge is 2.30. The van der Waals surface area contributed by atoms with Gasteiger partial charge in [-0.3, -0.25) is 9.59 Å². The monoisotopic (exact) mass is 309 g/mol. The molecular weight excluding hydrogens is 290 g/mol. The lowest BCUT2D eigenvalue weighted by molar-refractivity contribution is -0.140. The summed E-state index contributed by atoms with van der Waals surface area (Å²) >= 11 is 0. The number of carbonyl (C=O) groups is 2. The van der Waals surface area contributed by atoms with Crippen LogP contribution in [0.5, 0.6) is 5.75 Å². The Bertz CT molecular complexity index is 670. The van der Waals surface area contributed by atoms with Crippen LogP contribution in [0.1, 0.15) is 23.2 Å². The Labute approximate surface area is 135 Å². The Hall–Kier alpha value is -2.62. The summed E-state index contributed by atoms with van der Waals surface area (Å²) in [5.41, 5.74) is 0.657. The van der Waals surface area contributed by atoms with E-state index >= 15 is 0 Å². The quantitative estimate of drug-likeness (QED) is 0.646. The molecule has 118 valence electrons. The van der Waals surface area contributed by atoms with Gasteiger partial charge in [0.05, 0.1) is 5.92 Å². The maximum atomic E-state index is 12.5. The molecule has 0 spiro atoms. The van der Waals surface area contributed by atoms with Gasteiger partial charge in [-0.1, -0.05) is 36.4 Å². The van der Waals surface area contributed by atoms with E-state index in [1.54, 1.807) is 29.2 Å². The number of amides is 1. The van der Waals surface area contributed by atoms with Gasteiger partial charge >= 0.3 is 5.97 Å². The lowest BCUT2D eigenvalue weighted by atomic mass is 9.97. The molecule has 4 nitrogen and oxygen atoms in total. The summed E-state index contributed by atoms with van der Waals surface area (Å²) in [6.45, 7) is 1.10. The molecule has 1 fully saturated rings. The van der Waals surface area contributed by atoms with E-state index in [0.717, 1.165) is 12.8 Å². The standard InChI is InChI=1S/C19H19NO3/c21-18(15-8-3-1-4-9-15)20-13-7-10-16(14-20)19(22)23-17-11-5-2-6-12-17/h1-6,8-9,11-12,16H,7,10,13-14H2. The zero-order valence-electron chi connectivity index (χ0n) is 12.9. The third kappa shape index (κ3) is 3.77. The number of likely N-dealkylation sites (tertiary alicyclic amines) is 1. The molecule has 0 aliphatic carbocycles. The normalized spacial score (nSPS) is 17.6. The van der Waals surface area contributed by atoms with Crippen molar-refractivity contribution in [2.75, 3.05) is 13.1 Å². The van der Waals surface area contributed by atoms with Gasteiger partial charge in [0.1, 0.15) is 5.75 Å². The number of ether oxygens (including phenoxy) is 1. The lowest BCUT2D eigenvalue weighted by Crippen LogP contribution is -2.43. The second-order valence-electron chi connectivity index (χ2n) is 5.69. The summed E-state index contributed by atoms with van der Waals surface area (Å²) in [5, 5.41) is 0. The highest BCUT2D eigenvalue weighted by atomic mass is 16.5. The summed E-state index contributed by atoms with van der Waals surface area (Å²) in [6, 6.07) is 18.2. The van der Waals surface area contributed by atoms with Gasteiger partial charge in [-0.15, -0.1) is 0 Å². The van der Waals surface area contributed by atoms with Crippen LogP contribution in [0.2, 0.25) is 0 Å². The molecule has 0 radical (unpaired) electrons. The molecule has 1 aliphatic rings. The highest BCUT2D eigenvalue weighted by molar-refractivity contribution is 5.94. The topological polar surface area (TPSA) is 46.6 Å². The molecule has 2 aromatic rings. The number of nitrogens with zero attached hydrogens (tertiary/aromatic N) is 1. The number of piperidine rings is 1. The fourth-order valence-corrected chi connectivity index (χ4v) is 2.81. The summed E-state index contributed by atoms with van der Waals surface area (Å²) in [4.78, 5) is 26.6. The number of rotatable bonds is 3. The van der Waals surface area contributed by atoms with Crippen molar-refractivity contribution in [2.45, 2.75) is 12.8 Å². The predicted molar refractivity (Wildman–Crippen MR) is 87.1 cm³/mol. The van der Waals surface area contributed by atoms with E-state index in [-0.39, 0.29) is 17.8 Å². The molecule has 0 aromatic heterocycles. The first-order valence-electron chi connectivity index (χ1n) is 7.85. The molecular formula is C19H19NO3. The van der Waals surface area contributed by atoms with Crippen molar-refractivity contribution in [3.05, 3.63) is 66.2 Å². The zero-order chi connectivity index (χ0) is 16.1. The van der Waals surface area contributed by atoms with Crippen LogP contribution in [0, 0.1) is 5.92 Å². The van der Waals surface area contributed by atoms with Crippen LogP contribution >= 0.6 is 0 Å². The number of esters is 1. The Balaban J connectivity index is 1.64. The number of hydrogen-bond donors (Lipinski definition) is 0. The van der Waals surface area contributed by atoms with Crippen molar-refractivity contribution in [2.24, 2.45) is 5.92 Å². The first-order valence-corrected chi connectivity index (χ1v) is 7.85. The van der Waals surface area contributed by atoms with Crippen molar-refractivity contribution >= 4 is 11.9 Å².